The lowest BCUT2D eigenvalue weighted by atomic mass is 10.0. The number of hydrogen-bond acceptors (Lipinski definition) is 1. The van der Waals surface area contributed by atoms with Gasteiger partial charge in [0.1, 0.15) is 5.78 Å². The second-order valence-corrected chi connectivity index (χ2v) is 2.89. The summed E-state index contributed by atoms with van der Waals surface area (Å²) in [5.41, 5.74) is 0. The predicted octanol–water partition coefficient (Wildman–Crippen LogP) is 2.11. The minimum Gasteiger partial charge on any atom is -0.299 e. The van der Waals surface area contributed by atoms with Gasteiger partial charge in [-0.3, -0.25) is 9.18 Å². The molecule has 1 saturated carbocycles. The molecule has 0 spiro atoms. The lowest BCUT2D eigenvalue weighted by Gasteiger charge is -2.03. The van der Waals surface area contributed by atoms with E-state index in [0.29, 0.717) is 12.2 Å². The monoisotopic (exact) mass is 144 g/mol. The summed E-state index contributed by atoms with van der Waals surface area (Å²) < 4.78 is 11.7. The van der Waals surface area contributed by atoms with E-state index in [1.54, 1.807) is 0 Å². The van der Waals surface area contributed by atoms with Crippen LogP contribution in [0.1, 0.15) is 32.1 Å². The Balaban J connectivity index is 2.20. The number of halogens is 1. The number of carbonyl (C=O) groups is 1. The van der Waals surface area contributed by atoms with Crippen LogP contribution in [-0.4, -0.2) is 12.5 Å². The molecule has 0 aromatic carbocycles. The van der Waals surface area contributed by atoms with E-state index in [0.717, 1.165) is 25.7 Å². The Kier molecular flexibility index (Phi) is 2.84. The molecule has 0 aromatic heterocycles. The summed E-state index contributed by atoms with van der Waals surface area (Å²) >= 11 is 0. The summed E-state index contributed by atoms with van der Waals surface area (Å²) in [6.45, 7) is -0.274. The van der Waals surface area contributed by atoms with Crippen molar-refractivity contribution in [1.82, 2.24) is 0 Å². The zero-order chi connectivity index (χ0) is 7.40. The van der Waals surface area contributed by atoms with Gasteiger partial charge in [-0.15, -0.1) is 0 Å². The number of hydrogen-bond donors (Lipinski definition) is 0. The highest BCUT2D eigenvalue weighted by molar-refractivity contribution is 5.82. The van der Waals surface area contributed by atoms with E-state index in [-0.39, 0.29) is 12.6 Å². The third-order valence-corrected chi connectivity index (χ3v) is 2.12. The van der Waals surface area contributed by atoms with Crippen LogP contribution in [0.25, 0.3) is 0 Å². The lowest BCUT2D eigenvalue weighted by Crippen LogP contribution is -2.05. The van der Waals surface area contributed by atoms with Crippen molar-refractivity contribution in [3.63, 3.8) is 0 Å². The van der Waals surface area contributed by atoms with Gasteiger partial charge in [0.25, 0.3) is 0 Å². The molecule has 1 nitrogen and oxygen atoms in total. The van der Waals surface area contributed by atoms with Gasteiger partial charge in [0, 0.05) is 12.3 Å². The molecule has 0 aliphatic heterocycles. The molecule has 0 saturated heterocycles. The topological polar surface area (TPSA) is 17.1 Å². The predicted molar refractivity (Wildman–Crippen MR) is 37.6 cm³/mol. The molecule has 0 bridgehead atoms. The number of ketones is 1. The minimum absolute atomic E-state index is 0.204. The van der Waals surface area contributed by atoms with Crippen LogP contribution < -0.4 is 0 Å². The molecule has 58 valence electrons. The maximum absolute atomic E-state index is 11.7. The lowest BCUT2D eigenvalue weighted by molar-refractivity contribution is -0.120. The zero-order valence-electron chi connectivity index (χ0n) is 6.11. The van der Waals surface area contributed by atoms with Gasteiger partial charge >= 0.3 is 0 Å². The Labute approximate surface area is 60.6 Å². The van der Waals surface area contributed by atoms with Gasteiger partial charge < -0.3 is 0 Å². The van der Waals surface area contributed by atoms with Crippen LogP contribution in [-0.2, 0) is 4.79 Å². The summed E-state index contributed by atoms with van der Waals surface area (Å²) in [5.74, 6) is 0.559. The van der Waals surface area contributed by atoms with Gasteiger partial charge in [0.15, 0.2) is 0 Å². The molecule has 1 fully saturated rings. The molecule has 1 rings (SSSR count). The molecule has 0 amide bonds. The SMILES string of the molecule is O=C1CCC[C@H]1CCCF. The summed E-state index contributed by atoms with van der Waals surface area (Å²) in [6, 6.07) is 0. The Morgan fingerprint density at radius 2 is 2.40 bits per heavy atom. The van der Waals surface area contributed by atoms with E-state index in [9.17, 15) is 9.18 Å². The maximum atomic E-state index is 11.7. The molecule has 0 radical (unpaired) electrons. The van der Waals surface area contributed by atoms with E-state index in [1.807, 2.05) is 0 Å². The molecule has 0 unspecified atom stereocenters. The van der Waals surface area contributed by atoms with Crippen LogP contribution in [0.3, 0.4) is 0 Å². The Morgan fingerprint density at radius 1 is 1.60 bits per heavy atom. The van der Waals surface area contributed by atoms with Crippen molar-refractivity contribution in [3.8, 4) is 0 Å². The third-order valence-electron chi connectivity index (χ3n) is 2.12. The largest absolute Gasteiger partial charge is 0.299 e. The molecule has 0 N–H and O–H groups in total. The van der Waals surface area contributed by atoms with Crippen molar-refractivity contribution < 1.29 is 9.18 Å². The van der Waals surface area contributed by atoms with E-state index in [4.69, 9.17) is 0 Å². The number of rotatable bonds is 3. The fourth-order valence-corrected chi connectivity index (χ4v) is 1.52. The molecule has 1 atom stereocenters. The normalized spacial score (nSPS) is 25.7. The second-order valence-electron chi connectivity index (χ2n) is 2.89. The van der Waals surface area contributed by atoms with Crippen molar-refractivity contribution in [2.24, 2.45) is 5.92 Å². The molecular weight excluding hydrogens is 131 g/mol. The number of Topliss-reactive ketones (excluding diaryl/α,β-unsaturated/α-hetero) is 1. The molecule has 1 aliphatic rings. The van der Waals surface area contributed by atoms with E-state index < -0.39 is 0 Å². The van der Waals surface area contributed by atoms with Crippen LogP contribution >= 0.6 is 0 Å². The quantitative estimate of drug-likeness (QED) is 0.592. The van der Waals surface area contributed by atoms with Crippen LogP contribution in [0.4, 0.5) is 4.39 Å². The van der Waals surface area contributed by atoms with Gasteiger partial charge in [0.05, 0.1) is 6.67 Å². The first-order chi connectivity index (χ1) is 4.84. The molecular formula is C8H13FO. The first kappa shape index (κ1) is 7.70. The standard InChI is InChI=1S/C8H13FO/c9-6-2-4-7-3-1-5-8(7)10/h7H,1-6H2/t7-/m0/s1. The van der Waals surface area contributed by atoms with Gasteiger partial charge in [-0.2, -0.15) is 0 Å². The number of alkyl halides is 1. The van der Waals surface area contributed by atoms with Crippen molar-refractivity contribution in [1.29, 1.82) is 0 Å². The van der Waals surface area contributed by atoms with Crippen LogP contribution in [0.2, 0.25) is 0 Å². The third kappa shape index (κ3) is 1.79. The van der Waals surface area contributed by atoms with Crippen molar-refractivity contribution in [2.75, 3.05) is 6.67 Å². The maximum Gasteiger partial charge on any atom is 0.135 e. The molecule has 1 aliphatic carbocycles. The minimum atomic E-state index is -0.274. The second kappa shape index (κ2) is 3.69. The molecule has 10 heavy (non-hydrogen) atoms. The zero-order valence-corrected chi connectivity index (χ0v) is 6.11. The average molecular weight is 144 g/mol. The first-order valence-corrected chi connectivity index (χ1v) is 3.93. The highest BCUT2D eigenvalue weighted by atomic mass is 19.1. The Morgan fingerprint density at radius 3 is 2.90 bits per heavy atom. The summed E-state index contributed by atoms with van der Waals surface area (Å²) in [7, 11) is 0. The van der Waals surface area contributed by atoms with Crippen LogP contribution in [0.15, 0.2) is 0 Å². The van der Waals surface area contributed by atoms with Gasteiger partial charge in [-0.05, 0) is 25.7 Å². The highest BCUT2D eigenvalue weighted by Crippen LogP contribution is 2.25. The van der Waals surface area contributed by atoms with Gasteiger partial charge in [-0.25, -0.2) is 0 Å². The Bertz CT molecular complexity index is 122. The smallest absolute Gasteiger partial charge is 0.135 e. The van der Waals surface area contributed by atoms with Crippen molar-refractivity contribution in [2.45, 2.75) is 32.1 Å². The Hall–Kier alpha value is -0.400. The van der Waals surface area contributed by atoms with E-state index in [2.05, 4.69) is 0 Å². The molecule has 0 aromatic rings. The fourth-order valence-electron chi connectivity index (χ4n) is 1.52. The number of carbonyl (C=O) groups excluding carboxylic acids is 1. The van der Waals surface area contributed by atoms with Crippen LogP contribution in [0.5, 0.6) is 0 Å². The van der Waals surface area contributed by atoms with Crippen molar-refractivity contribution in [3.05, 3.63) is 0 Å². The highest BCUT2D eigenvalue weighted by Gasteiger charge is 2.23. The summed E-state index contributed by atoms with van der Waals surface area (Å²) in [6.07, 6.45) is 4.09. The van der Waals surface area contributed by atoms with E-state index in [1.165, 1.54) is 0 Å². The van der Waals surface area contributed by atoms with Gasteiger partial charge in [0.2, 0.25) is 0 Å². The first-order valence-electron chi connectivity index (χ1n) is 3.93. The van der Waals surface area contributed by atoms with Crippen molar-refractivity contribution >= 4 is 5.78 Å². The van der Waals surface area contributed by atoms with E-state index >= 15 is 0 Å². The summed E-state index contributed by atoms with van der Waals surface area (Å²) in [5, 5.41) is 0. The molecule has 0 heterocycles. The fraction of sp³-hybridized carbons (Fsp3) is 0.875. The summed E-state index contributed by atoms with van der Waals surface area (Å²) in [4.78, 5) is 11.0. The van der Waals surface area contributed by atoms with Gasteiger partial charge in [-0.1, -0.05) is 0 Å². The average Bonchev–Trinajstić information content (AvgIpc) is 2.31. The van der Waals surface area contributed by atoms with Crippen LogP contribution in [0, 0.1) is 5.92 Å². The molecule has 2 heteroatoms.